The molecule has 1 heterocycles. The predicted molar refractivity (Wildman–Crippen MR) is 74.0 cm³/mol. The van der Waals surface area contributed by atoms with Gasteiger partial charge in [-0.15, -0.1) is 0 Å². The maximum atomic E-state index is 5.90. The summed E-state index contributed by atoms with van der Waals surface area (Å²) < 4.78 is 3.01. The molecule has 0 spiro atoms. The number of aromatic nitrogens is 2. The smallest absolute Gasteiger partial charge is 0.110 e. The van der Waals surface area contributed by atoms with E-state index in [1.807, 2.05) is 42.2 Å². The summed E-state index contributed by atoms with van der Waals surface area (Å²) in [7, 11) is 2.00. The Morgan fingerprint density at radius 2 is 2.29 bits per heavy atom. The van der Waals surface area contributed by atoms with Crippen LogP contribution >= 0.6 is 15.9 Å². The molecule has 0 bridgehead atoms. The number of nitrogens with two attached hydrogens (primary N) is 1. The van der Waals surface area contributed by atoms with Crippen LogP contribution in [0.4, 0.5) is 11.4 Å². The van der Waals surface area contributed by atoms with Crippen LogP contribution in [0.5, 0.6) is 0 Å². The Hall–Kier alpha value is -1.49. The number of nitrogen functional groups attached to an aromatic ring is 1. The maximum absolute atomic E-state index is 5.90. The Kier molecular flexibility index (Phi) is 3.68. The number of nitrogens with zero attached hydrogens (tertiary/aromatic N) is 2. The first-order valence-electron chi connectivity index (χ1n) is 5.42. The minimum absolute atomic E-state index is 0.749. The molecule has 0 fully saturated rings. The second kappa shape index (κ2) is 5.23. The van der Waals surface area contributed by atoms with Crippen LogP contribution in [0.1, 0.15) is 5.82 Å². The summed E-state index contributed by atoms with van der Waals surface area (Å²) in [5.41, 5.74) is 7.61. The van der Waals surface area contributed by atoms with Gasteiger partial charge in [-0.3, -0.25) is 0 Å². The number of hydrogen-bond acceptors (Lipinski definition) is 3. The van der Waals surface area contributed by atoms with Gasteiger partial charge in [0.1, 0.15) is 5.82 Å². The van der Waals surface area contributed by atoms with E-state index in [1.165, 1.54) is 0 Å². The van der Waals surface area contributed by atoms with Gasteiger partial charge in [0.2, 0.25) is 0 Å². The number of aryl methyl sites for hydroxylation is 1. The molecule has 90 valence electrons. The minimum Gasteiger partial charge on any atom is -0.397 e. The van der Waals surface area contributed by atoms with Crippen LogP contribution in [0.2, 0.25) is 0 Å². The van der Waals surface area contributed by atoms with E-state index >= 15 is 0 Å². The molecule has 5 heteroatoms. The second-order valence-electron chi connectivity index (χ2n) is 3.86. The van der Waals surface area contributed by atoms with E-state index in [-0.39, 0.29) is 0 Å². The fourth-order valence-corrected chi connectivity index (χ4v) is 2.02. The largest absolute Gasteiger partial charge is 0.397 e. The third-order valence-corrected chi connectivity index (χ3v) is 3.09. The highest BCUT2D eigenvalue weighted by Gasteiger charge is 2.01. The zero-order valence-electron chi connectivity index (χ0n) is 9.65. The van der Waals surface area contributed by atoms with E-state index in [4.69, 9.17) is 5.73 Å². The van der Waals surface area contributed by atoms with E-state index in [1.54, 1.807) is 0 Å². The third kappa shape index (κ3) is 3.00. The third-order valence-electron chi connectivity index (χ3n) is 2.60. The average molecular weight is 295 g/mol. The van der Waals surface area contributed by atoms with Crippen molar-refractivity contribution in [3.05, 3.63) is 40.9 Å². The van der Waals surface area contributed by atoms with Gasteiger partial charge in [-0.25, -0.2) is 4.98 Å². The topological polar surface area (TPSA) is 55.9 Å². The van der Waals surface area contributed by atoms with E-state index < -0.39 is 0 Å². The van der Waals surface area contributed by atoms with Crippen molar-refractivity contribution in [1.29, 1.82) is 0 Å². The Morgan fingerprint density at radius 1 is 1.47 bits per heavy atom. The van der Waals surface area contributed by atoms with Gasteiger partial charge in [0, 0.05) is 36.9 Å². The Morgan fingerprint density at radius 3 is 2.94 bits per heavy atom. The van der Waals surface area contributed by atoms with E-state index in [9.17, 15) is 0 Å². The average Bonchev–Trinajstić information content (AvgIpc) is 2.68. The van der Waals surface area contributed by atoms with Gasteiger partial charge in [-0.05, 0) is 18.2 Å². The van der Waals surface area contributed by atoms with Crippen molar-refractivity contribution in [1.82, 2.24) is 9.55 Å². The van der Waals surface area contributed by atoms with E-state index in [0.717, 1.165) is 34.6 Å². The standard InChI is InChI=1S/C12H15BrN4/c1-17-7-6-16-12(17)4-5-15-11-3-2-9(13)8-10(11)14/h2-3,6-8,15H,4-5,14H2,1H3. The van der Waals surface area contributed by atoms with Gasteiger partial charge in [0.25, 0.3) is 0 Å². The highest BCUT2D eigenvalue weighted by Crippen LogP contribution is 2.22. The SMILES string of the molecule is Cn1ccnc1CCNc1ccc(Br)cc1N. The predicted octanol–water partition coefficient (Wildman–Crippen LogP) is 2.42. The lowest BCUT2D eigenvalue weighted by molar-refractivity contribution is 0.790. The lowest BCUT2D eigenvalue weighted by Crippen LogP contribution is -2.09. The summed E-state index contributed by atoms with van der Waals surface area (Å²) in [4.78, 5) is 4.27. The van der Waals surface area contributed by atoms with Crippen molar-refractivity contribution < 1.29 is 0 Å². The first kappa shape index (κ1) is 12.0. The highest BCUT2D eigenvalue weighted by atomic mass is 79.9. The number of anilines is 2. The van der Waals surface area contributed by atoms with Crippen LogP contribution in [0.15, 0.2) is 35.1 Å². The fourth-order valence-electron chi connectivity index (χ4n) is 1.64. The molecule has 0 radical (unpaired) electrons. The van der Waals surface area contributed by atoms with Gasteiger partial charge < -0.3 is 15.6 Å². The summed E-state index contributed by atoms with van der Waals surface area (Å²) in [6, 6.07) is 5.83. The van der Waals surface area contributed by atoms with Gasteiger partial charge in [0.05, 0.1) is 11.4 Å². The molecular formula is C12H15BrN4. The molecule has 1 aromatic heterocycles. The summed E-state index contributed by atoms with van der Waals surface area (Å²) in [5, 5.41) is 3.31. The van der Waals surface area contributed by atoms with Crippen molar-refractivity contribution in [3.63, 3.8) is 0 Å². The Labute approximate surface area is 109 Å². The molecule has 0 aliphatic heterocycles. The first-order valence-corrected chi connectivity index (χ1v) is 6.21. The molecule has 0 atom stereocenters. The van der Waals surface area contributed by atoms with Gasteiger partial charge in [0.15, 0.2) is 0 Å². The Bertz CT molecular complexity index is 507. The molecule has 0 saturated heterocycles. The number of rotatable bonds is 4. The molecule has 17 heavy (non-hydrogen) atoms. The molecule has 4 nitrogen and oxygen atoms in total. The monoisotopic (exact) mass is 294 g/mol. The normalized spacial score (nSPS) is 10.5. The van der Waals surface area contributed by atoms with E-state index in [0.29, 0.717) is 0 Å². The van der Waals surface area contributed by atoms with Gasteiger partial charge in [-0.2, -0.15) is 0 Å². The molecule has 0 unspecified atom stereocenters. The quantitative estimate of drug-likeness (QED) is 0.852. The number of benzene rings is 1. The zero-order chi connectivity index (χ0) is 12.3. The molecule has 0 saturated carbocycles. The molecule has 0 aliphatic rings. The first-order chi connectivity index (χ1) is 8.16. The van der Waals surface area contributed by atoms with Crippen molar-refractivity contribution >= 4 is 27.3 Å². The lowest BCUT2D eigenvalue weighted by atomic mass is 10.2. The molecule has 0 amide bonds. The van der Waals surface area contributed by atoms with E-state index in [2.05, 4.69) is 26.2 Å². The number of halogens is 1. The molecule has 1 aromatic carbocycles. The lowest BCUT2D eigenvalue weighted by Gasteiger charge is -2.09. The molecule has 2 rings (SSSR count). The maximum Gasteiger partial charge on any atom is 0.110 e. The zero-order valence-corrected chi connectivity index (χ0v) is 11.2. The summed E-state index contributed by atoms with van der Waals surface area (Å²) >= 11 is 3.38. The van der Waals surface area contributed by atoms with Crippen LogP contribution in [0.25, 0.3) is 0 Å². The van der Waals surface area contributed by atoms with Crippen LogP contribution in [-0.4, -0.2) is 16.1 Å². The summed E-state index contributed by atoms with van der Waals surface area (Å²) in [6.45, 7) is 0.816. The summed E-state index contributed by atoms with van der Waals surface area (Å²) in [6.07, 6.45) is 4.63. The van der Waals surface area contributed by atoms with Crippen molar-refractivity contribution in [2.45, 2.75) is 6.42 Å². The van der Waals surface area contributed by atoms with Gasteiger partial charge >= 0.3 is 0 Å². The van der Waals surface area contributed by atoms with Crippen LogP contribution in [-0.2, 0) is 13.5 Å². The van der Waals surface area contributed by atoms with Crippen molar-refractivity contribution in [2.75, 3.05) is 17.6 Å². The number of imidazole rings is 1. The molecule has 2 aromatic rings. The molecule has 0 aliphatic carbocycles. The van der Waals surface area contributed by atoms with Crippen LogP contribution in [0, 0.1) is 0 Å². The minimum atomic E-state index is 0.749. The second-order valence-corrected chi connectivity index (χ2v) is 4.78. The number of hydrogen-bond donors (Lipinski definition) is 2. The molecular weight excluding hydrogens is 280 g/mol. The van der Waals surface area contributed by atoms with Gasteiger partial charge in [-0.1, -0.05) is 15.9 Å². The highest BCUT2D eigenvalue weighted by molar-refractivity contribution is 9.10. The molecule has 3 N–H and O–H groups in total. The van der Waals surface area contributed by atoms with Crippen LogP contribution in [0.3, 0.4) is 0 Å². The van der Waals surface area contributed by atoms with Crippen molar-refractivity contribution in [3.8, 4) is 0 Å². The van der Waals surface area contributed by atoms with Crippen LogP contribution < -0.4 is 11.1 Å². The van der Waals surface area contributed by atoms with Crippen molar-refractivity contribution in [2.24, 2.45) is 7.05 Å². The number of nitrogens with one attached hydrogen (secondary N) is 1. The Balaban J connectivity index is 1.92. The fraction of sp³-hybridized carbons (Fsp3) is 0.250. The summed E-state index contributed by atoms with van der Waals surface area (Å²) in [5.74, 6) is 1.06.